The standard InChI is InChI=1S/C21H30N2O6S2/c1-14-16(5-6-17(24)21(7-3-8-21)9-4-11-28-2)23(20(27)29-14)10-12-30-19-22-15(13-31-19)18(25)26/h5-6,13-14,16-17,24H,3-4,7-12H2,1-2H3,(H,25,26)/t14-,16-,17+/m0/s1. The number of ether oxygens (including phenoxy) is 2. The number of hydrogen-bond acceptors (Lipinski definition) is 8. The number of carbonyl (C=O) groups is 2. The second-order valence-corrected chi connectivity index (χ2v) is 10.3. The molecule has 1 aromatic rings. The molecule has 2 heterocycles. The quantitative estimate of drug-likeness (QED) is 0.271. The number of nitrogens with zero attached hydrogens (tertiary/aromatic N) is 2. The number of aromatic carboxylic acids is 1. The molecule has 0 bridgehead atoms. The number of methoxy groups -OCH3 is 1. The number of hydrogen-bond donors (Lipinski definition) is 2. The summed E-state index contributed by atoms with van der Waals surface area (Å²) in [4.78, 5) is 29.0. The zero-order valence-corrected chi connectivity index (χ0v) is 19.5. The zero-order valence-electron chi connectivity index (χ0n) is 17.9. The predicted molar refractivity (Wildman–Crippen MR) is 119 cm³/mol. The molecule has 0 radical (unpaired) electrons. The monoisotopic (exact) mass is 470 g/mol. The van der Waals surface area contributed by atoms with Crippen LogP contribution < -0.4 is 0 Å². The third kappa shape index (κ3) is 5.79. The van der Waals surface area contributed by atoms with Crippen LogP contribution in [0.5, 0.6) is 0 Å². The van der Waals surface area contributed by atoms with E-state index in [0.717, 1.165) is 32.1 Å². The van der Waals surface area contributed by atoms with E-state index in [1.54, 1.807) is 12.0 Å². The summed E-state index contributed by atoms with van der Waals surface area (Å²) >= 11 is 2.69. The van der Waals surface area contributed by atoms with E-state index in [9.17, 15) is 14.7 Å². The van der Waals surface area contributed by atoms with Crippen LogP contribution in [-0.2, 0) is 9.47 Å². The SMILES string of the molecule is COCCCC1([C@H](O)C=C[C@H]2[C@H](C)OC(=O)N2CCSc2nc(C(=O)O)cs2)CCC1. The van der Waals surface area contributed by atoms with Crippen LogP contribution in [0.3, 0.4) is 0 Å². The van der Waals surface area contributed by atoms with Gasteiger partial charge in [0, 0.05) is 31.4 Å². The lowest BCUT2D eigenvalue weighted by atomic mass is 9.62. The number of thiazole rings is 1. The maximum Gasteiger partial charge on any atom is 0.410 e. The normalized spacial score (nSPS) is 23.7. The molecular weight excluding hydrogens is 440 g/mol. The summed E-state index contributed by atoms with van der Waals surface area (Å²) in [7, 11) is 1.69. The number of carboxylic acid groups (broad SMARTS) is 1. The Hall–Kier alpha value is -1.62. The summed E-state index contributed by atoms with van der Waals surface area (Å²) in [6, 6.07) is -0.246. The van der Waals surface area contributed by atoms with Crippen LogP contribution in [0.2, 0.25) is 0 Å². The van der Waals surface area contributed by atoms with Crippen LogP contribution in [0.15, 0.2) is 21.9 Å². The van der Waals surface area contributed by atoms with Crippen LogP contribution in [0.25, 0.3) is 0 Å². The van der Waals surface area contributed by atoms with Crippen LogP contribution in [0.4, 0.5) is 4.79 Å². The molecule has 0 spiro atoms. The van der Waals surface area contributed by atoms with E-state index in [1.165, 1.54) is 28.5 Å². The minimum Gasteiger partial charge on any atom is -0.476 e. The highest BCUT2D eigenvalue weighted by Crippen LogP contribution is 2.48. The van der Waals surface area contributed by atoms with Crippen LogP contribution in [-0.4, -0.2) is 76.4 Å². The van der Waals surface area contributed by atoms with Gasteiger partial charge in [-0.25, -0.2) is 14.6 Å². The number of cyclic esters (lactones) is 1. The molecule has 2 N–H and O–H groups in total. The molecule has 31 heavy (non-hydrogen) atoms. The number of thioether (sulfide) groups is 1. The Bertz CT molecular complexity index is 795. The summed E-state index contributed by atoms with van der Waals surface area (Å²) in [5.41, 5.74) is -0.0540. The van der Waals surface area contributed by atoms with Gasteiger partial charge in [0.15, 0.2) is 10.0 Å². The molecule has 8 nitrogen and oxygen atoms in total. The van der Waals surface area contributed by atoms with Gasteiger partial charge in [-0.15, -0.1) is 11.3 Å². The summed E-state index contributed by atoms with van der Waals surface area (Å²) in [6.07, 6.45) is 7.48. The minimum absolute atomic E-state index is 0.0342. The smallest absolute Gasteiger partial charge is 0.410 e. The average Bonchev–Trinajstić information content (AvgIpc) is 3.27. The molecule has 172 valence electrons. The summed E-state index contributed by atoms with van der Waals surface area (Å²) in [5.74, 6) is -0.474. The van der Waals surface area contributed by atoms with Gasteiger partial charge in [-0.05, 0) is 38.0 Å². The Balaban J connectivity index is 1.56. The molecular formula is C21H30N2O6S2. The van der Waals surface area contributed by atoms with E-state index < -0.39 is 12.1 Å². The number of carbonyl (C=O) groups excluding carboxylic acids is 1. The first-order valence-corrected chi connectivity index (χ1v) is 12.4. The van der Waals surface area contributed by atoms with Gasteiger partial charge in [0.1, 0.15) is 6.10 Å². The number of aromatic nitrogens is 1. The largest absolute Gasteiger partial charge is 0.476 e. The fourth-order valence-corrected chi connectivity index (χ4v) is 5.95. The predicted octanol–water partition coefficient (Wildman–Crippen LogP) is 3.66. The van der Waals surface area contributed by atoms with Gasteiger partial charge in [0.2, 0.25) is 0 Å². The van der Waals surface area contributed by atoms with Gasteiger partial charge in [-0.1, -0.05) is 30.3 Å². The number of aliphatic hydroxyl groups excluding tert-OH is 1. The van der Waals surface area contributed by atoms with Crippen molar-refractivity contribution in [2.45, 2.75) is 61.6 Å². The maximum atomic E-state index is 12.3. The van der Waals surface area contributed by atoms with Crippen molar-refractivity contribution in [2.24, 2.45) is 5.41 Å². The van der Waals surface area contributed by atoms with Crippen molar-refractivity contribution in [3.05, 3.63) is 23.2 Å². The second kappa shape index (κ2) is 10.8. The third-order valence-corrected chi connectivity index (χ3v) is 8.11. The van der Waals surface area contributed by atoms with E-state index in [4.69, 9.17) is 14.6 Å². The molecule has 3 atom stereocenters. The number of aliphatic hydroxyl groups is 1. The first-order chi connectivity index (χ1) is 14.9. The molecule has 10 heteroatoms. The lowest BCUT2D eigenvalue weighted by Gasteiger charge is -2.45. The molecule has 0 unspecified atom stereocenters. The Labute approximate surface area is 190 Å². The van der Waals surface area contributed by atoms with Crippen molar-refractivity contribution in [1.29, 1.82) is 0 Å². The van der Waals surface area contributed by atoms with Crippen molar-refractivity contribution in [3.63, 3.8) is 0 Å². The van der Waals surface area contributed by atoms with Crippen LogP contribution in [0.1, 0.15) is 49.5 Å². The molecule has 1 aliphatic heterocycles. The van der Waals surface area contributed by atoms with E-state index >= 15 is 0 Å². The Morgan fingerprint density at radius 3 is 2.94 bits per heavy atom. The topological polar surface area (TPSA) is 109 Å². The lowest BCUT2D eigenvalue weighted by molar-refractivity contribution is -0.0183. The van der Waals surface area contributed by atoms with E-state index in [1.807, 2.05) is 19.1 Å². The van der Waals surface area contributed by atoms with Gasteiger partial charge in [-0.3, -0.25) is 4.90 Å². The average molecular weight is 471 g/mol. The Kier molecular flexibility index (Phi) is 8.37. The summed E-state index contributed by atoms with van der Waals surface area (Å²) < 4.78 is 11.2. The number of amides is 1. The molecule has 3 rings (SSSR count). The van der Waals surface area contributed by atoms with Crippen molar-refractivity contribution >= 4 is 35.2 Å². The fraction of sp³-hybridized carbons (Fsp3) is 0.667. The van der Waals surface area contributed by atoms with Crippen molar-refractivity contribution in [2.75, 3.05) is 26.0 Å². The molecule has 1 amide bonds. The van der Waals surface area contributed by atoms with Crippen LogP contribution in [0, 0.1) is 5.41 Å². The highest BCUT2D eigenvalue weighted by Gasteiger charge is 2.42. The number of carboxylic acids is 1. The number of rotatable bonds is 12. The van der Waals surface area contributed by atoms with Crippen molar-refractivity contribution < 1.29 is 29.3 Å². The van der Waals surface area contributed by atoms with E-state index in [2.05, 4.69) is 4.98 Å². The Morgan fingerprint density at radius 2 is 2.32 bits per heavy atom. The molecule has 1 aliphatic carbocycles. The molecule has 2 fully saturated rings. The lowest BCUT2D eigenvalue weighted by Crippen LogP contribution is -2.41. The van der Waals surface area contributed by atoms with Gasteiger partial charge in [0.25, 0.3) is 0 Å². The minimum atomic E-state index is -1.05. The third-order valence-electron chi connectivity index (χ3n) is 6.11. The molecule has 1 saturated carbocycles. The van der Waals surface area contributed by atoms with Crippen molar-refractivity contribution in [1.82, 2.24) is 9.88 Å². The molecule has 2 aliphatic rings. The van der Waals surface area contributed by atoms with Crippen molar-refractivity contribution in [3.8, 4) is 0 Å². The summed E-state index contributed by atoms with van der Waals surface area (Å²) in [5, 5.41) is 21.3. The van der Waals surface area contributed by atoms with Gasteiger partial charge < -0.3 is 19.7 Å². The van der Waals surface area contributed by atoms with Gasteiger partial charge >= 0.3 is 12.1 Å². The van der Waals surface area contributed by atoms with E-state index in [-0.39, 0.29) is 29.3 Å². The second-order valence-electron chi connectivity index (χ2n) is 8.07. The molecule has 0 aromatic carbocycles. The highest BCUT2D eigenvalue weighted by atomic mass is 32.2. The maximum absolute atomic E-state index is 12.3. The van der Waals surface area contributed by atoms with Gasteiger partial charge in [-0.2, -0.15) is 0 Å². The summed E-state index contributed by atoms with van der Waals surface area (Å²) in [6.45, 7) is 2.99. The van der Waals surface area contributed by atoms with Gasteiger partial charge in [0.05, 0.1) is 12.1 Å². The molecule has 1 aromatic heterocycles. The fourth-order valence-electron chi connectivity index (χ4n) is 4.14. The molecule has 1 saturated heterocycles. The Morgan fingerprint density at radius 1 is 1.55 bits per heavy atom. The zero-order chi connectivity index (χ0) is 22.4. The van der Waals surface area contributed by atoms with Crippen LogP contribution >= 0.6 is 23.1 Å². The first-order valence-electron chi connectivity index (χ1n) is 10.5. The first kappa shape index (κ1) is 24.0. The van der Waals surface area contributed by atoms with E-state index in [0.29, 0.717) is 23.2 Å². The highest BCUT2D eigenvalue weighted by molar-refractivity contribution is 8.01.